The van der Waals surface area contributed by atoms with Gasteiger partial charge in [-0.15, -0.1) is 16.9 Å². The molecular formula is C28H36N2O3S. The number of carbonyl (C=O) groups is 1. The molecule has 1 aliphatic rings. The standard InChI is InChI=1S/C28H36N2O3S/c1-7-32-26(31)12-10-9-11-21-15-16-22(30-29-21)14-13-20-17-23-24(18-25(20)34-8-2)33-28(5,6)19-27(23,3)4/h15-18H,7-12,19H2,1-6H3. The maximum atomic E-state index is 11.4. The predicted octanol–water partition coefficient (Wildman–Crippen LogP) is 6.10. The highest BCUT2D eigenvalue weighted by molar-refractivity contribution is 7.99. The van der Waals surface area contributed by atoms with Crippen LogP contribution < -0.4 is 4.74 Å². The van der Waals surface area contributed by atoms with E-state index >= 15 is 0 Å². The van der Waals surface area contributed by atoms with Crippen molar-refractivity contribution in [3.8, 4) is 17.6 Å². The summed E-state index contributed by atoms with van der Waals surface area (Å²) in [5.41, 5.74) is 3.60. The van der Waals surface area contributed by atoms with Crippen molar-refractivity contribution in [2.75, 3.05) is 12.4 Å². The van der Waals surface area contributed by atoms with Crippen molar-refractivity contribution in [1.29, 1.82) is 0 Å². The first-order valence-electron chi connectivity index (χ1n) is 12.1. The SMILES string of the molecule is CCOC(=O)CCCCc1ccc(C#Cc2cc3c(cc2SCC)OC(C)(C)CC3(C)C)nn1. The van der Waals surface area contributed by atoms with Gasteiger partial charge >= 0.3 is 5.97 Å². The number of unbranched alkanes of at least 4 members (excludes halogenated alkanes) is 1. The van der Waals surface area contributed by atoms with Crippen molar-refractivity contribution in [3.63, 3.8) is 0 Å². The predicted molar refractivity (Wildman–Crippen MR) is 137 cm³/mol. The van der Waals surface area contributed by atoms with Crippen LogP contribution in [0, 0.1) is 11.8 Å². The first kappa shape index (κ1) is 26.1. The molecule has 0 radical (unpaired) electrons. The topological polar surface area (TPSA) is 61.3 Å². The lowest BCUT2D eigenvalue weighted by atomic mass is 9.73. The van der Waals surface area contributed by atoms with Crippen LogP contribution in [0.15, 0.2) is 29.2 Å². The molecule has 1 aliphatic heterocycles. The van der Waals surface area contributed by atoms with Crippen LogP contribution in [0.3, 0.4) is 0 Å². The first-order valence-corrected chi connectivity index (χ1v) is 13.1. The van der Waals surface area contributed by atoms with Crippen LogP contribution >= 0.6 is 11.8 Å². The minimum atomic E-state index is -0.187. The number of carbonyl (C=O) groups excluding carboxylic acids is 1. The van der Waals surface area contributed by atoms with E-state index in [0.29, 0.717) is 18.7 Å². The van der Waals surface area contributed by atoms with Crippen LogP contribution in [0.4, 0.5) is 0 Å². The van der Waals surface area contributed by atoms with Crippen molar-refractivity contribution in [1.82, 2.24) is 10.2 Å². The summed E-state index contributed by atoms with van der Waals surface area (Å²) in [7, 11) is 0. The summed E-state index contributed by atoms with van der Waals surface area (Å²) in [6, 6.07) is 8.23. The lowest BCUT2D eigenvalue weighted by Crippen LogP contribution is -2.41. The fraction of sp³-hybridized carbons (Fsp3) is 0.536. The zero-order chi connectivity index (χ0) is 24.8. The summed E-state index contributed by atoms with van der Waals surface area (Å²) in [4.78, 5) is 12.6. The number of nitrogens with zero attached hydrogens (tertiary/aromatic N) is 2. The van der Waals surface area contributed by atoms with Crippen LogP contribution in [0.25, 0.3) is 0 Å². The van der Waals surface area contributed by atoms with Crippen LogP contribution in [-0.2, 0) is 21.4 Å². The van der Waals surface area contributed by atoms with E-state index < -0.39 is 0 Å². The number of hydrogen-bond donors (Lipinski definition) is 0. The monoisotopic (exact) mass is 480 g/mol. The van der Waals surface area contributed by atoms with Gasteiger partial charge in [0.05, 0.1) is 12.3 Å². The number of thioether (sulfide) groups is 1. The smallest absolute Gasteiger partial charge is 0.305 e. The lowest BCUT2D eigenvalue weighted by molar-refractivity contribution is -0.143. The zero-order valence-electron chi connectivity index (χ0n) is 21.3. The molecule has 3 rings (SSSR count). The summed E-state index contributed by atoms with van der Waals surface area (Å²) >= 11 is 1.78. The number of esters is 1. The summed E-state index contributed by atoms with van der Waals surface area (Å²) in [5, 5.41) is 8.62. The van der Waals surface area contributed by atoms with E-state index in [0.717, 1.165) is 53.3 Å². The van der Waals surface area contributed by atoms with Crippen molar-refractivity contribution in [2.45, 2.75) is 89.6 Å². The number of hydrogen-bond acceptors (Lipinski definition) is 6. The lowest BCUT2D eigenvalue weighted by Gasteiger charge is -2.42. The Balaban J connectivity index is 1.73. The second-order valence-electron chi connectivity index (χ2n) is 9.87. The van der Waals surface area contributed by atoms with Crippen molar-refractivity contribution < 1.29 is 14.3 Å². The largest absolute Gasteiger partial charge is 0.487 e. The van der Waals surface area contributed by atoms with Crippen LogP contribution in [0.2, 0.25) is 0 Å². The minimum Gasteiger partial charge on any atom is -0.487 e. The Kier molecular flexibility index (Phi) is 8.65. The quantitative estimate of drug-likeness (QED) is 0.197. The molecule has 34 heavy (non-hydrogen) atoms. The van der Waals surface area contributed by atoms with Gasteiger partial charge in [-0.05, 0) is 87.8 Å². The van der Waals surface area contributed by atoms with Gasteiger partial charge in [0.15, 0.2) is 0 Å². The summed E-state index contributed by atoms with van der Waals surface area (Å²) in [6.45, 7) is 13.3. The van der Waals surface area contributed by atoms with Gasteiger partial charge in [-0.25, -0.2) is 0 Å². The molecule has 0 unspecified atom stereocenters. The van der Waals surface area contributed by atoms with E-state index in [1.54, 1.807) is 11.8 Å². The van der Waals surface area contributed by atoms with Gasteiger partial charge in [-0.3, -0.25) is 4.79 Å². The summed E-state index contributed by atoms with van der Waals surface area (Å²) in [5.74, 6) is 8.33. The van der Waals surface area contributed by atoms with Gasteiger partial charge in [-0.2, -0.15) is 5.10 Å². The fourth-order valence-corrected chi connectivity index (χ4v) is 5.31. The molecule has 6 heteroatoms. The molecule has 0 spiro atoms. The average Bonchev–Trinajstić information content (AvgIpc) is 2.75. The Labute approximate surface area is 208 Å². The number of aryl methyl sites for hydroxylation is 1. The fourth-order valence-electron chi connectivity index (χ4n) is 4.54. The van der Waals surface area contributed by atoms with E-state index in [2.05, 4.69) is 68.8 Å². The number of fused-ring (bicyclic) bond motifs is 1. The molecule has 0 amide bonds. The summed E-state index contributed by atoms with van der Waals surface area (Å²) in [6.07, 6.45) is 3.85. The summed E-state index contributed by atoms with van der Waals surface area (Å²) < 4.78 is 11.3. The average molecular weight is 481 g/mol. The highest BCUT2D eigenvalue weighted by atomic mass is 32.2. The van der Waals surface area contributed by atoms with Gasteiger partial charge in [0.1, 0.15) is 17.0 Å². The zero-order valence-corrected chi connectivity index (χ0v) is 22.1. The van der Waals surface area contributed by atoms with E-state index in [-0.39, 0.29) is 17.0 Å². The molecule has 0 N–H and O–H groups in total. The van der Waals surface area contributed by atoms with E-state index in [1.807, 2.05) is 19.1 Å². The number of benzene rings is 1. The van der Waals surface area contributed by atoms with Crippen LogP contribution in [-0.4, -0.2) is 34.1 Å². The molecule has 0 bridgehead atoms. The van der Waals surface area contributed by atoms with E-state index in [4.69, 9.17) is 9.47 Å². The molecule has 0 fully saturated rings. The Morgan fingerprint density at radius 2 is 1.91 bits per heavy atom. The van der Waals surface area contributed by atoms with E-state index in [1.165, 1.54) is 5.56 Å². The number of aromatic nitrogens is 2. The van der Waals surface area contributed by atoms with Gasteiger partial charge in [-0.1, -0.05) is 26.7 Å². The van der Waals surface area contributed by atoms with Crippen LogP contribution in [0.5, 0.6) is 5.75 Å². The second-order valence-corrected chi connectivity index (χ2v) is 11.2. The van der Waals surface area contributed by atoms with Crippen molar-refractivity contribution >= 4 is 17.7 Å². The minimum absolute atomic E-state index is 0.0116. The highest BCUT2D eigenvalue weighted by Gasteiger charge is 2.39. The Morgan fingerprint density at radius 3 is 2.59 bits per heavy atom. The number of ether oxygens (including phenoxy) is 2. The van der Waals surface area contributed by atoms with Gasteiger partial charge in [0, 0.05) is 22.4 Å². The van der Waals surface area contributed by atoms with Gasteiger partial charge in [0.2, 0.25) is 0 Å². The normalized spacial score (nSPS) is 15.5. The third-order valence-electron chi connectivity index (χ3n) is 5.78. The molecule has 0 aliphatic carbocycles. The van der Waals surface area contributed by atoms with Gasteiger partial charge in [0.25, 0.3) is 0 Å². The molecule has 0 atom stereocenters. The molecule has 182 valence electrons. The Morgan fingerprint density at radius 1 is 1.12 bits per heavy atom. The third kappa shape index (κ3) is 6.99. The third-order valence-corrected chi connectivity index (χ3v) is 6.72. The molecule has 2 aromatic rings. The molecule has 1 aromatic carbocycles. The molecule has 5 nitrogen and oxygen atoms in total. The van der Waals surface area contributed by atoms with E-state index in [9.17, 15) is 4.79 Å². The molecule has 0 saturated heterocycles. The molecular weight excluding hydrogens is 444 g/mol. The Bertz CT molecular complexity index is 1070. The first-order chi connectivity index (χ1) is 16.1. The molecule has 1 aromatic heterocycles. The Hall–Kier alpha value is -2.52. The second kappa shape index (κ2) is 11.3. The highest BCUT2D eigenvalue weighted by Crippen LogP contribution is 2.46. The number of rotatable bonds is 8. The van der Waals surface area contributed by atoms with Gasteiger partial charge < -0.3 is 9.47 Å². The maximum Gasteiger partial charge on any atom is 0.305 e. The van der Waals surface area contributed by atoms with Crippen LogP contribution in [0.1, 0.15) is 89.7 Å². The van der Waals surface area contributed by atoms with Crippen molar-refractivity contribution in [3.05, 3.63) is 46.8 Å². The maximum absolute atomic E-state index is 11.4. The molecule has 0 saturated carbocycles. The van der Waals surface area contributed by atoms with Crippen molar-refractivity contribution in [2.24, 2.45) is 0 Å². The molecule has 2 heterocycles.